The van der Waals surface area contributed by atoms with Gasteiger partial charge in [0.2, 0.25) is 5.91 Å². The predicted molar refractivity (Wildman–Crippen MR) is 124 cm³/mol. The molecule has 3 heterocycles. The summed E-state index contributed by atoms with van der Waals surface area (Å²) in [7, 11) is 0. The molecule has 2 aromatic carbocycles. The van der Waals surface area contributed by atoms with Crippen molar-refractivity contribution in [1.82, 2.24) is 14.4 Å². The monoisotopic (exact) mass is 470 g/mol. The van der Waals surface area contributed by atoms with Crippen LogP contribution in [-0.4, -0.2) is 59.5 Å². The molecule has 33 heavy (non-hydrogen) atoms. The summed E-state index contributed by atoms with van der Waals surface area (Å²) in [6.07, 6.45) is 1.96. The fraction of sp³-hybridized carbons (Fsp3) is 0.320. The second-order valence-electron chi connectivity index (χ2n) is 8.48. The molecule has 0 bridgehead atoms. The Kier molecular flexibility index (Phi) is 6.08. The van der Waals surface area contributed by atoms with E-state index < -0.39 is 17.7 Å². The van der Waals surface area contributed by atoms with Crippen LogP contribution in [0.1, 0.15) is 17.3 Å². The minimum absolute atomic E-state index is 0.0151. The molecule has 0 N–H and O–H groups in total. The number of nitrogens with zero attached hydrogens (tertiary/aromatic N) is 4. The Labute approximate surface area is 196 Å². The van der Waals surface area contributed by atoms with Crippen LogP contribution in [0.2, 0.25) is 5.02 Å². The first kappa shape index (κ1) is 21.9. The molecule has 0 spiro atoms. The van der Waals surface area contributed by atoms with Crippen molar-refractivity contribution in [3.05, 3.63) is 88.7 Å². The van der Waals surface area contributed by atoms with Crippen LogP contribution in [0.25, 0.3) is 0 Å². The first-order valence-corrected chi connectivity index (χ1v) is 11.5. The highest BCUT2D eigenvalue weighted by molar-refractivity contribution is 6.33. The van der Waals surface area contributed by atoms with Gasteiger partial charge in [-0.2, -0.15) is 0 Å². The lowest BCUT2D eigenvalue weighted by Gasteiger charge is -2.40. The Balaban J connectivity index is 1.31. The van der Waals surface area contributed by atoms with Crippen LogP contribution in [0.4, 0.5) is 14.5 Å². The summed E-state index contributed by atoms with van der Waals surface area (Å²) < 4.78 is 30.4. The predicted octanol–water partition coefficient (Wildman–Crippen LogP) is 4.17. The zero-order valence-electron chi connectivity index (χ0n) is 18.1. The first-order valence-electron chi connectivity index (χ1n) is 11.1. The molecule has 1 aromatic heterocycles. The van der Waals surface area contributed by atoms with E-state index in [2.05, 4.69) is 9.47 Å². The zero-order valence-corrected chi connectivity index (χ0v) is 18.9. The average Bonchev–Trinajstić information content (AvgIpc) is 3.29. The lowest BCUT2D eigenvalue weighted by atomic mass is 9.99. The molecule has 0 radical (unpaired) electrons. The number of aromatic nitrogens is 1. The number of anilines is 1. The number of rotatable bonds is 4. The van der Waals surface area contributed by atoms with Gasteiger partial charge in [0.25, 0.3) is 0 Å². The van der Waals surface area contributed by atoms with Gasteiger partial charge in [0.1, 0.15) is 11.6 Å². The van der Waals surface area contributed by atoms with E-state index in [-0.39, 0.29) is 12.5 Å². The van der Waals surface area contributed by atoms with E-state index in [9.17, 15) is 13.6 Å². The Morgan fingerprint density at radius 3 is 2.48 bits per heavy atom. The molecular formula is C25H25ClF2N4O. The number of carbonyl (C=O) groups excluding carboxylic acids is 1. The quantitative estimate of drug-likeness (QED) is 0.573. The molecule has 2 aliphatic rings. The Morgan fingerprint density at radius 1 is 0.939 bits per heavy atom. The summed E-state index contributed by atoms with van der Waals surface area (Å²) in [5.41, 5.74) is 2.27. The van der Waals surface area contributed by atoms with Crippen molar-refractivity contribution in [2.24, 2.45) is 0 Å². The van der Waals surface area contributed by atoms with Crippen LogP contribution in [0.15, 0.2) is 60.8 Å². The van der Waals surface area contributed by atoms with Gasteiger partial charge in [-0.05, 0) is 30.3 Å². The highest BCUT2D eigenvalue weighted by Gasteiger charge is 2.33. The van der Waals surface area contributed by atoms with Gasteiger partial charge in [-0.25, -0.2) is 8.78 Å². The molecule has 1 fully saturated rings. The number of para-hydroxylation sites is 1. The van der Waals surface area contributed by atoms with E-state index in [0.717, 1.165) is 24.0 Å². The highest BCUT2D eigenvalue weighted by Crippen LogP contribution is 2.34. The second-order valence-corrected chi connectivity index (χ2v) is 8.89. The molecule has 1 unspecified atom stereocenters. The number of fused-ring (bicyclic) bond motifs is 1. The van der Waals surface area contributed by atoms with E-state index in [0.29, 0.717) is 43.3 Å². The fourth-order valence-corrected chi connectivity index (χ4v) is 5.12. The number of amides is 1. The van der Waals surface area contributed by atoms with Crippen molar-refractivity contribution in [3.8, 4) is 0 Å². The molecule has 5 nitrogen and oxygen atoms in total. The van der Waals surface area contributed by atoms with Gasteiger partial charge in [0.05, 0.1) is 23.3 Å². The van der Waals surface area contributed by atoms with Crippen LogP contribution in [0.3, 0.4) is 0 Å². The summed E-state index contributed by atoms with van der Waals surface area (Å²) in [5, 5.41) is 0.706. The third kappa shape index (κ3) is 4.35. The smallest absolute Gasteiger partial charge is 0.236 e. The molecule has 1 saturated heterocycles. The van der Waals surface area contributed by atoms with Gasteiger partial charge in [-0.1, -0.05) is 29.8 Å². The van der Waals surface area contributed by atoms with Crippen LogP contribution in [0, 0.1) is 11.6 Å². The maximum Gasteiger partial charge on any atom is 0.236 e. The minimum Gasteiger partial charge on any atom is -0.367 e. The topological polar surface area (TPSA) is 31.7 Å². The van der Waals surface area contributed by atoms with Crippen molar-refractivity contribution >= 4 is 23.2 Å². The van der Waals surface area contributed by atoms with Crippen molar-refractivity contribution in [2.75, 3.05) is 44.2 Å². The van der Waals surface area contributed by atoms with Gasteiger partial charge in [0, 0.05) is 62.8 Å². The van der Waals surface area contributed by atoms with Crippen LogP contribution >= 0.6 is 11.6 Å². The largest absolute Gasteiger partial charge is 0.367 e. The van der Waals surface area contributed by atoms with Crippen molar-refractivity contribution < 1.29 is 13.6 Å². The lowest BCUT2D eigenvalue weighted by molar-refractivity contribution is -0.133. The maximum atomic E-state index is 14.7. The minimum atomic E-state index is -0.610. The highest BCUT2D eigenvalue weighted by atomic mass is 35.5. The van der Waals surface area contributed by atoms with Gasteiger partial charge in [0.15, 0.2) is 0 Å². The van der Waals surface area contributed by atoms with Crippen molar-refractivity contribution in [3.63, 3.8) is 0 Å². The van der Waals surface area contributed by atoms with Crippen LogP contribution in [-0.2, 0) is 11.3 Å². The summed E-state index contributed by atoms with van der Waals surface area (Å²) >= 11 is 6.33. The number of halogens is 3. The first-order chi connectivity index (χ1) is 16.0. The molecule has 0 saturated carbocycles. The Bertz CT molecular complexity index is 1160. The van der Waals surface area contributed by atoms with Crippen molar-refractivity contribution in [1.29, 1.82) is 0 Å². The maximum absolute atomic E-state index is 14.7. The molecule has 3 aromatic rings. The van der Waals surface area contributed by atoms with Crippen molar-refractivity contribution in [2.45, 2.75) is 12.6 Å². The van der Waals surface area contributed by atoms with Gasteiger partial charge >= 0.3 is 0 Å². The van der Waals surface area contributed by atoms with Gasteiger partial charge < -0.3 is 14.4 Å². The van der Waals surface area contributed by atoms with E-state index >= 15 is 0 Å². The number of carbonyl (C=O) groups is 1. The molecule has 0 aliphatic carbocycles. The summed E-state index contributed by atoms with van der Waals surface area (Å²) in [6.45, 7) is 4.11. The van der Waals surface area contributed by atoms with E-state index in [1.807, 2.05) is 52.4 Å². The van der Waals surface area contributed by atoms with E-state index in [1.54, 1.807) is 0 Å². The third-order valence-electron chi connectivity index (χ3n) is 6.56. The van der Waals surface area contributed by atoms with E-state index in [4.69, 9.17) is 11.6 Å². The normalized spacial score (nSPS) is 18.9. The summed E-state index contributed by atoms with van der Waals surface area (Å²) in [4.78, 5) is 19.3. The molecule has 2 aliphatic heterocycles. The fourth-order valence-electron chi connectivity index (χ4n) is 4.86. The average molecular weight is 471 g/mol. The van der Waals surface area contributed by atoms with Crippen LogP contribution < -0.4 is 4.90 Å². The van der Waals surface area contributed by atoms with Gasteiger partial charge in [-0.15, -0.1) is 0 Å². The molecule has 172 valence electrons. The summed E-state index contributed by atoms with van der Waals surface area (Å²) in [6, 6.07) is 14.8. The van der Waals surface area contributed by atoms with Gasteiger partial charge in [-0.3, -0.25) is 9.69 Å². The zero-order chi connectivity index (χ0) is 22.9. The lowest BCUT2D eigenvalue weighted by Crippen LogP contribution is -2.52. The number of benzene rings is 2. The molecule has 8 heteroatoms. The molecular weight excluding hydrogens is 446 g/mol. The second kappa shape index (κ2) is 9.15. The third-order valence-corrected chi connectivity index (χ3v) is 6.88. The number of hydrogen-bond acceptors (Lipinski definition) is 3. The number of hydrogen-bond donors (Lipinski definition) is 0. The molecule has 1 amide bonds. The molecule has 1 atom stereocenters. The summed E-state index contributed by atoms with van der Waals surface area (Å²) in [5.74, 6) is -1.19. The Morgan fingerprint density at radius 2 is 1.73 bits per heavy atom. The number of piperazine rings is 1. The Hall–Kier alpha value is -2.90. The SMILES string of the molecule is O=C(CN1CCn2cccc2C1c1ccc(F)cc1F)N1CCN(c2ccccc2Cl)CC1. The molecule has 5 rings (SSSR count). The van der Waals surface area contributed by atoms with Crippen LogP contribution in [0.5, 0.6) is 0 Å². The van der Waals surface area contributed by atoms with E-state index in [1.165, 1.54) is 12.1 Å². The standard InChI is InChI=1S/C25H25ClF2N4O/c26-20-4-1-2-5-22(20)30-10-13-31(14-11-30)24(33)17-32-15-12-29-9-3-6-23(29)25(32)19-8-7-18(27)16-21(19)28/h1-9,16,25H,10-15,17H2.